The zero-order valence-corrected chi connectivity index (χ0v) is 18.2. The summed E-state index contributed by atoms with van der Waals surface area (Å²) in [5.74, 6) is -2.14. The molecule has 0 spiro atoms. The van der Waals surface area contributed by atoms with Crippen LogP contribution in [0, 0.1) is 0 Å². The molecular weight excluding hydrogens is 480 g/mol. The van der Waals surface area contributed by atoms with Crippen molar-refractivity contribution in [1.82, 2.24) is 0 Å². The minimum Gasteiger partial charge on any atom is -0.465 e. The number of halogens is 2. The van der Waals surface area contributed by atoms with Gasteiger partial charge in [-0.05, 0) is 42.5 Å². The number of anilines is 2. The normalized spacial score (nSPS) is 10.1. The lowest BCUT2D eigenvalue weighted by Crippen LogP contribution is -2.22. The lowest BCUT2D eigenvalue weighted by molar-refractivity contribution is -0.147. The molecule has 2 rings (SSSR count). The van der Waals surface area contributed by atoms with Crippen LogP contribution in [0.2, 0.25) is 5.02 Å². The third kappa shape index (κ3) is 7.49. The topological polar surface area (TPSA) is 111 Å². The van der Waals surface area contributed by atoms with E-state index in [1.807, 2.05) is 0 Å². The van der Waals surface area contributed by atoms with Crippen LogP contribution in [0.5, 0.6) is 0 Å². The first-order valence-corrected chi connectivity index (χ1v) is 9.84. The summed E-state index contributed by atoms with van der Waals surface area (Å²) in [7, 11) is 1.27. The van der Waals surface area contributed by atoms with Crippen LogP contribution >= 0.6 is 27.5 Å². The van der Waals surface area contributed by atoms with Gasteiger partial charge in [-0.2, -0.15) is 0 Å². The Morgan fingerprint density at radius 1 is 0.967 bits per heavy atom. The highest BCUT2D eigenvalue weighted by atomic mass is 79.9. The van der Waals surface area contributed by atoms with Crippen LogP contribution < -0.4 is 10.6 Å². The van der Waals surface area contributed by atoms with Gasteiger partial charge in [-0.25, -0.2) is 4.79 Å². The number of carbonyl (C=O) groups excluding carboxylic acids is 4. The van der Waals surface area contributed by atoms with Crippen molar-refractivity contribution < 1.29 is 28.7 Å². The Balaban J connectivity index is 1.71. The van der Waals surface area contributed by atoms with Crippen LogP contribution in [0.3, 0.4) is 0 Å². The maximum atomic E-state index is 11.9. The monoisotopic (exact) mass is 496 g/mol. The highest BCUT2D eigenvalue weighted by Crippen LogP contribution is 2.25. The Labute approximate surface area is 186 Å². The molecular formula is C20H18BrClN2O6. The van der Waals surface area contributed by atoms with Gasteiger partial charge >= 0.3 is 11.9 Å². The Hall–Kier alpha value is -2.91. The summed E-state index contributed by atoms with van der Waals surface area (Å²) >= 11 is 9.26. The molecule has 2 aromatic carbocycles. The van der Waals surface area contributed by atoms with Crippen LogP contribution in [0.4, 0.5) is 11.4 Å². The number of hydrogen-bond donors (Lipinski definition) is 2. The molecule has 8 nitrogen and oxygen atoms in total. The van der Waals surface area contributed by atoms with Crippen molar-refractivity contribution in [3.8, 4) is 0 Å². The molecule has 0 saturated carbocycles. The van der Waals surface area contributed by atoms with Crippen molar-refractivity contribution >= 4 is 62.7 Å². The minimum atomic E-state index is -0.691. The second-order valence-corrected chi connectivity index (χ2v) is 7.27. The quantitative estimate of drug-likeness (QED) is 0.537. The first-order valence-electron chi connectivity index (χ1n) is 8.67. The van der Waals surface area contributed by atoms with Gasteiger partial charge in [0.05, 0.1) is 29.8 Å². The Morgan fingerprint density at radius 3 is 2.30 bits per heavy atom. The first-order chi connectivity index (χ1) is 14.3. The van der Waals surface area contributed by atoms with Gasteiger partial charge in [0.25, 0.3) is 5.91 Å². The molecule has 2 N–H and O–H groups in total. The van der Waals surface area contributed by atoms with E-state index in [0.717, 1.165) is 4.47 Å². The van der Waals surface area contributed by atoms with Gasteiger partial charge in [0.15, 0.2) is 6.61 Å². The van der Waals surface area contributed by atoms with E-state index < -0.39 is 30.4 Å². The summed E-state index contributed by atoms with van der Waals surface area (Å²) in [5, 5.41) is 5.45. The summed E-state index contributed by atoms with van der Waals surface area (Å²) in [6.07, 6.45) is -0.323. The molecule has 0 bridgehead atoms. The average Bonchev–Trinajstić information content (AvgIpc) is 2.72. The first kappa shape index (κ1) is 23.4. The largest absolute Gasteiger partial charge is 0.465 e. The third-order valence-corrected chi connectivity index (χ3v) is 4.52. The van der Waals surface area contributed by atoms with E-state index in [1.165, 1.54) is 19.2 Å². The molecule has 0 fully saturated rings. The molecule has 0 aliphatic rings. The maximum Gasteiger partial charge on any atom is 0.337 e. The molecule has 2 amide bonds. The molecule has 0 radical (unpaired) electrons. The fourth-order valence-corrected chi connectivity index (χ4v) is 2.96. The van der Waals surface area contributed by atoms with Crippen molar-refractivity contribution in [3.05, 3.63) is 57.5 Å². The lowest BCUT2D eigenvalue weighted by Gasteiger charge is -2.09. The predicted octanol–water partition coefficient (Wildman–Crippen LogP) is 3.79. The molecule has 0 saturated heterocycles. The highest BCUT2D eigenvalue weighted by Gasteiger charge is 2.12. The molecule has 2 aromatic rings. The molecule has 0 atom stereocenters. The summed E-state index contributed by atoms with van der Waals surface area (Å²) in [5.41, 5.74) is 1.20. The van der Waals surface area contributed by atoms with Crippen LogP contribution in [-0.4, -0.2) is 37.5 Å². The van der Waals surface area contributed by atoms with E-state index >= 15 is 0 Å². The third-order valence-electron chi connectivity index (χ3n) is 3.72. The molecule has 158 valence electrons. The number of carbonyl (C=O) groups is 4. The number of esters is 2. The lowest BCUT2D eigenvalue weighted by atomic mass is 10.2. The Kier molecular flexibility index (Phi) is 8.82. The van der Waals surface area contributed by atoms with Gasteiger partial charge in [0, 0.05) is 16.6 Å². The van der Waals surface area contributed by atoms with Crippen molar-refractivity contribution in [2.24, 2.45) is 0 Å². The number of hydrogen-bond acceptors (Lipinski definition) is 6. The van der Waals surface area contributed by atoms with Gasteiger partial charge in [-0.1, -0.05) is 27.5 Å². The number of benzene rings is 2. The SMILES string of the molecule is COC(=O)c1ccc(NC(=O)CCC(=O)OCC(=O)Nc2ccc(Br)cc2Cl)cc1. The highest BCUT2D eigenvalue weighted by molar-refractivity contribution is 9.10. The maximum absolute atomic E-state index is 11.9. The number of ether oxygens (including phenoxy) is 2. The zero-order valence-electron chi connectivity index (χ0n) is 15.9. The van der Waals surface area contributed by atoms with Gasteiger partial charge < -0.3 is 20.1 Å². The fourth-order valence-electron chi connectivity index (χ4n) is 2.24. The van der Waals surface area contributed by atoms with E-state index in [4.69, 9.17) is 16.3 Å². The van der Waals surface area contributed by atoms with Gasteiger partial charge in [-0.15, -0.1) is 0 Å². The molecule has 0 aliphatic carbocycles. The molecule has 0 heterocycles. The number of methoxy groups -OCH3 is 1. The summed E-state index contributed by atoms with van der Waals surface area (Å²) in [4.78, 5) is 46.9. The van der Waals surface area contributed by atoms with Gasteiger partial charge in [0.1, 0.15) is 0 Å². The van der Waals surface area contributed by atoms with Gasteiger partial charge in [0.2, 0.25) is 5.91 Å². The molecule has 0 unspecified atom stereocenters. The smallest absolute Gasteiger partial charge is 0.337 e. The van der Waals surface area contributed by atoms with Crippen LogP contribution in [0.25, 0.3) is 0 Å². The minimum absolute atomic E-state index is 0.127. The number of rotatable bonds is 8. The van der Waals surface area contributed by atoms with Crippen LogP contribution in [0.1, 0.15) is 23.2 Å². The van der Waals surface area contributed by atoms with Crippen molar-refractivity contribution in [2.45, 2.75) is 12.8 Å². The second-order valence-electron chi connectivity index (χ2n) is 5.95. The molecule has 10 heteroatoms. The number of nitrogens with one attached hydrogen (secondary N) is 2. The predicted molar refractivity (Wildman–Crippen MR) is 114 cm³/mol. The van der Waals surface area contributed by atoms with Gasteiger partial charge in [-0.3, -0.25) is 14.4 Å². The summed E-state index contributed by atoms with van der Waals surface area (Å²) in [6.45, 7) is -0.498. The van der Waals surface area contributed by atoms with Crippen molar-refractivity contribution in [1.29, 1.82) is 0 Å². The van der Waals surface area contributed by atoms with E-state index in [0.29, 0.717) is 22.0 Å². The average molecular weight is 498 g/mol. The fraction of sp³-hybridized carbons (Fsp3) is 0.200. The molecule has 30 heavy (non-hydrogen) atoms. The summed E-state index contributed by atoms with van der Waals surface area (Å²) < 4.78 is 10.2. The Bertz CT molecular complexity index is 949. The van der Waals surface area contributed by atoms with Crippen molar-refractivity contribution in [3.63, 3.8) is 0 Å². The van der Waals surface area contributed by atoms with Crippen LogP contribution in [-0.2, 0) is 23.9 Å². The molecule has 0 aliphatic heterocycles. The standard InChI is InChI=1S/C20H18BrClN2O6/c1-29-20(28)12-2-5-14(6-3-12)23-17(25)8-9-19(27)30-11-18(26)24-16-7-4-13(21)10-15(16)22/h2-7,10H,8-9,11H2,1H3,(H,23,25)(H,24,26). The van der Waals surface area contributed by atoms with E-state index in [-0.39, 0.29) is 12.8 Å². The molecule has 0 aromatic heterocycles. The van der Waals surface area contributed by atoms with Crippen molar-refractivity contribution in [2.75, 3.05) is 24.4 Å². The van der Waals surface area contributed by atoms with E-state index in [1.54, 1.807) is 30.3 Å². The summed E-state index contributed by atoms with van der Waals surface area (Å²) in [6, 6.07) is 11.0. The van der Waals surface area contributed by atoms with Crippen LogP contribution in [0.15, 0.2) is 46.9 Å². The zero-order chi connectivity index (χ0) is 22.1. The Morgan fingerprint density at radius 2 is 1.67 bits per heavy atom. The second kappa shape index (κ2) is 11.3. The number of amides is 2. The van der Waals surface area contributed by atoms with E-state index in [2.05, 4.69) is 31.3 Å². The van der Waals surface area contributed by atoms with E-state index in [9.17, 15) is 19.2 Å².